The van der Waals surface area contributed by atoms with E-state index in [0.29, 0.717) is 20.6 Å². The van der Waals surface area contributed by atoms with Crippen LogP contribution >= 0.6 is 50.7 Å². The minimum Gasteiger partial charge on any atom is -0.345 e. The quantitative estimate of drug-likeness (QED) is 0.674. The second-order valence-electron chi connectivity index (χ2n) is 4.49. The van der Waals surface area contributed by atoms with Crippen molar-refractivity contribution in [2.45, 2.75) is 13.0 Å². The monoisotopic (exact) mass is 405 g/mol. The zero-order valence-corrected chi connectivity index (χ0v) is 14.8. The molecule has 0 heterocycles. The van der Waals surface area contributed by atoms with Gasteiger partial charge in [-0.05, 0) is 58.7 Å². The standard InChI is InChI=1S/C15H11BrCl3NO/c1-8(11-4-3-10(17)7-13(11)18)20-15(21)9-2-5-12(16)14(19)6-9/h2-8H,1H3,(H,20,21). The Hall–Kier alpha value is -0.740. The highest BCUT2D eigenvalue weighted by molar-refractivity contribution is 9.10. The molecular weight excluding hydrogens is 396 g/mol. The van der Waals surface area contributed by atoms with Crippen molar-refractivity contribution in [3.63, 3.8) is 0 Å². The molecule has 0 saturated carbocycles. The van der Waals surface area contributed by atoms with Crippen LogP contribution in [0.2, 0.25) is 15.1 Å². The normalized spacial score (nSPS) is 12.0. The first-order valence-electron chi connectivity index (χ1n) is 6.09. The predicted octanol–water partition coefficient (Wildman–Crippen LogP) is 5.90. The van der Waals surface area contributed by atoms with Crippen molar-refractivity contribution in [3.8, 4) is 0 Å². The van der Waals surface area contributed by atoms with Crippen LogP contribution in [-0.4, -0.2) is 5.91 Å². The molecule has 2 rings (SSSR count). The molecule has 0 fully saturated rings. The first-order chi connectivity index (χ1) is 9.88. The highest BCUT2D eigenvalue weighted by atomic mass is 79.9. The fourth-order valence-electron chi connectivity index (χ4n) is 1.85. The molecule has 0 aliphatic rings. The fourth-order valence-corrected chi connectivity index (χ4v) is 2.85. The second-order valence-corrected chi connectivity index (χ2v) is 6.60. The Labute approximate surface area is 146 Å². The van der Waals surface area contributed by atoms with Gasteiger partial charge in [-0.15, -0.1) is 0 Å². The van der Waals surface area contributed by atoms with Gasteiger partial charge in [0.2, 0.25) is 0 Å². The minimum absolute atomic E-state index is 0.220. The van der Waals surface area contributed by atoms with E-state index < -0.39 is 0 Å². The van der Waals surface area contributed by atoms with Gasteiger partial charge in [-0.1, -0.05) is 40.9 Å². The van der Waals surface area contributed by atoms with E-state index in [-0.39, 0.29) is 11.9 Å². The molecule has 1 N–H and O–H groups in total. The molecule has 0 aliphatic carbocycles. The van der Waals surface area contributed by atoms with Crippen LogP contribution in [0.15, 0.2) is 40.9 Å². The van der Waals surface area contributed by atoms with Gasteiger partial charge in [0.15, 0.2) is 0 Å². The maximum atomic E-state index is 12.2. The Bertz CT molecular complexity index is 691. The highest BCUT2D eigenvalue weighted by Gasteiger charge is 2.15. The van der Waals surface area contributed by atoms with E-state index in [1.54, 1.807) is 36.4 Å². The van der Waals surface area contributed by atoms with Crippen molar-refractivity contribution in [1.82, 2.24) is 5.32 Å². The minimum atomic E-state index is -0.246. The van der Waals surface area contributed by atoms with Gasteiger partial charge in [-0.25, -0.2) is 0 Å². The third kappa shape index (κ3) is 4.13. The van der Waals surface area contributed by atoms with Crippen LogP contribution in [0.4, 0.5) is 0 Å². The van der Waals surface area contributed by atoms with Crippen molar-refractivity contribution in [2.24, 2.45) is 0 Å². The molecular formula is C15H11BrCl3NO. The summed E-state index contributed by atoms with van der Waals surface area (Å²) in [5, 5.41) is 4.44. The summed E-state index contributed by atoms with van der Waals surface area (Å²) in [6.07, 6.45) is 0. The molecule has 0 bridgehead atoms. The largest absolute Gasteiger partial charge is 0.345 e. The van der Waals surface area contributed by atoms with Gasteiger partial charge in [0, 0.05) is 20.1 Å². The van der Waals surface area contributed by atoms with E-state index in [0.717, 1.165) is 10.0 Å². The second kappa shape index (κ2) is 7.01. The molecule has 2 aromatic rings. The number of carbonyl (C=O) groups is 1. The van der Waals surface area contributed by atoms with Gasteiger partial charge in [0.25, 0.3) is 5.91 Å². The average molecular weight is 408 g/mol. The summed E-state index contributed by atoms with van der Waals surface area (Å²) in [6, 6.07) is 9.98. The Morgan fingerprint density at radius 2 is 1.81 bits per heavy atom. The first-order valence-corrected chi connectivity index (χ1v) is 8.02. The Balaban J connectivity index is 2.16. The van der Waals surface area contributed by atoms with Gasteiger partial charge >= 0.3 is 0 Å². The molecule has 6 heteroatoms. The molecule has 1 unspecified atom stereocenters. The molecule has 1 amide bonds. The van der Waals surface area contributed by atoms with E-state index in [9.17, 15) is 4.79 Å². The Kier molecular flexibility index (Phi) is 5.55. The van der Waals surface area contributed by atoms with Crippen molar-refractivity contribution < 1.29 is 4.79 Å². The number of rotatable bonds is 3. The summed E-state index contributed by atoms with van der Waals surface area (Å²) in [7, 11) is 0. The van der Waals surface area contributed by atoms with Gasteiger partial charge in [-0.2, -0.15) is 0 Å². The van der Waals surface area contributed by atoms with E-state index in [2.05, 4.69) is 21.2 Å². The molecule has 21 heavy (non-hydrogen) atoms. The van der Waals surface area contributed by atoms with Crippen LogP contribution in [0, 0.1) is 0 Å². The Morgan fingerprint density at radius 1 is 1.10 bits per heavy atom. The number of nitrogens with one attached hydrogen (secondary N) is 1. The molecule has 0 radical (unpaired) electrons. The summed E-state index contributed by atoms with van der Waals surface area (Å²) < 4.78 is 0.745. The van der Waals surface area contributed by atoms with Crippen molar-refractivity contribution in [1.29, 1.82) is 0 Å². The van der Waals surface area contributed by atoms with Crippen LogP contribution in [0.5, 0.6) is 0 Å². The summed E-state index contributed by atoms with van der Waals surface area (Å²) in [5.41, 5.74) is 1.29. The number of hydrogen-bond acceptors (Lipinski definition) is 1. The predicted molar refractivity (Wildman–Crippen MR) is 91.5 cm³/mol. The SMILES string of the molecule is CC(NC(=O)c1ccc(Br)c(Cl)c1)c1ccc(Cl)cc1Cl. The van der Waals surface area contributed by atoms with Gasteiger partial charge in [0.1, 0.15) is 0 Å². The third-order valence-corrected chi connectivity index (χ3v) is 4.75. The maximum absolute atomic E-state index is 12.2. The molecule has 0 aliphatic heterocycles. The molecule has 2 nitrogen and oxygen atoms in total. The van der Waals surface area contributed by atoms with Crippen LogP contribution in [-0.2, 0) is 0 Å². The maximum Gasteiger partial charge on any atom is 0.251 e. The summed E-state index contributed by atoms with van der Waals surface area (Å²) in [6.45, 7) is 1.85. The van der Waals surface area contributed by atoms with Crippen molar-refractivity contribution in [2.75, 3.05) is 0 Å². The number of halogens is 4. The number of amides is 1. The third-order valence-electron chi connectivity index (χ3n) is 2.96. The topological polar surface area (TPSA) is 29.1 Å². The highest BCUT2D eigenvalue weighted by Crippen LogP contribution is 2.27. The number of hydrogen-bond donors (Lipinski definition) is 1. The average Bonchev–Trinajstić information content (AvgIpc) is 2.41. The van der Waals surface area contributed by atoms with E-state index in [1.165, 1.54) is 0 Å². The van der Waals surface area contributed by atoms with Crippen molar-refractivity contribution in [3.05, 3.63) is 67.1 Å². The lowest BCUT2D eigenvalue weighted by Gasteiger charge is -2.16. The van der Waals surface area contributed by atoms with Gasteiger partial charge in [-0.3, -0.25) is 4.79 Å². The van der Waals surface area contributed by atoms with Crippen LogP contribution in [0.25, 0.3) is 0 Å². The van der Waals surface area contributed by atoms with Gasteiger partial charge < -0.3 is 5.32 Å². The van der Waals surface area contributed by atoms with Gasteiger partial charge in [0.05, 0.1) is 11.1 Å². The zero-order valence-electron chi connectivity index (χ0n) is 11.0. The summed E-state index contributed by atoms with van der Waals surface area (Å²) in [4.78, 5) is 12.2. The lowest BCUT2D eigenvalue weighted by Crippen LogP contribution is -2.26. The molecule has 0 spiro atoms. The molecule has 2 aromatic carbocycles. The van der Waals surface area contributed by atoms with E-state index in [1.807, 2.05) is 6.92 Å². The first kappa shape index (κ1) is 16.6. The molecule has 0 saturated heterocycles. The van der Waals surface area contributed by atoms with E-state index >= 15 is 0 Å². The van der Waals surface area contributed by atoms with E-state index in [4.69, 9.17) is 34.8 Å². The summed E-state index contributed by atoms with van der Waals surface area (Å²) >= 11 is 21.3. The number of carbonyl (C=O) groups excluding carboxylic acids is 1. The fraction of sp³-hybridized carbons (Fsp3) is 0.133. The zero-order chi connectivity index (χ0) is 15.6. The lowest BCUT2D eigenvalue weighted by molar-refractivity contribution is 0.0940. The smallest absolute Gasteiger partial charge is 0.251 e. The molecule has 110 valence electrons. The van der Waals surface area contributed by atoms with Crippen LogP contribution < -0.4 is 5.32 Å². The summed E-state index contributed by atoms with van der Waals surface area (Å²) in [5.74, 6) is -0.220. The Morgan fingerprint density at radius 3 is 2.43 bits per heavy atom. The molecule has 0 aromatic heterocycles. The van der Waals surface area contributed by atoms with Crippen LogP contribution in [0.3, 0.4) is 0 Å². The van der Waals surface area contributed by atoms with Crippen molar-refractivity contribution >= 4 is 56.6 Å². The van der Waals surface area contributed by atoms with Crippen LogP contribution in [0.1, 0.15) is 28.9 Å². The molecule has 1 atom stereocenters. The number of benzene rings is 2. The lowest BCUT2D eigenvalue weighted by atomic mass is 10.1.